The van der Waals surface area contributed by atoms with Crippen LogP contribution in [0.15, 0.2) is 53.1 Å². The summed E-state index contributed by atoms with van der Waals surface area (Å²) >= 11 is 3.50. The van der Waals surface area contributed by atoms with Crippen molar-refractivity contribution in [3.63, 3.8) is 0 Å². The van der Waals surface area contributed by atoms with Crippen molar-refractivity contribution in [2.24, 2.45) is 0 Å². The van der Waals surface area contributed by atoms with Gasteiger partial charge in [-0.25, -0.2) is 0 Å². The maximum atomic E-state index is 13.0. The minimum atomic E-state index is 0.136. The fraction of sp³-hybridized carbons (Fsp3) is 0.455. The minimum Gasteiger partial charge on any atom is -0.395 e. The normalized spacial score (nSPS) is 25.4. The summed E-state index contributed by atoms with van der Waals surface area (Å²) in [5.41, 5.74) is 2.05. The standard InChI is InChI=1S/C22H26BrN3O2/c23-17-8-6-16(7-9-17)22-19-14-25(11-3-4-12-26(19)20(22)15-27)21(28)13-18-5-1-2-10-24-18/h1-2,5-10,19-20,22,27H,3-4,11-15H2/t19-,20-,22-/m0/s1. The van der Waals surface area contributed by atoms with Gasteiger partial charge in [0.25, 0.3) is 0 Å². The molecule has 2 aliphatic rings. The zero-order valence-corrected chi connectivity index (χ0v) is 17.5. The Morgan fingerprint density at radius 3 is 2.64 bits per heavy atom. The minimum absolute atomic E-state index is 0.136. The first-order valence-electron chi connectivity index (χ1n) is 9.97. The molecule has 2 aliphatic heterocycles. The molecule has 2 aromatic rings. The van der Waals surface area contributed by atoms with E-state index >= 15 is 0 Å². The van der Waals surface area contributed by atoms with Crippen LogP contribution in [0.25, 0.3) is 0 Å². The second-order valence-electron chi connectivity index (χ2n) is 7.68. The topological polar surface area (TPSA) is 56.7 Å². The quantitative estimate of drug-likeness (QED) is 0.788. The van der Waals surface area contributed by atoms with Crippen LogP contribution in [0.4, 0.5) is 0 Å². The number of hydrogen-bond acceptors (Lipinski definition) is 4. The molecular weight excluding hydrogens is 418 g/mol. The molecule has 3 atom stereocenters. The van der Waals surface area contributed by atoms with Gasteiger partial charge in [0.1, 0.15) is 0 Å². The molecule has 0 saturated carbocycles. The van der Waals surface area contributed by atoms with Crippen molar-refractivity contribution in [2.75, 3.05) is 26.2 Å². The maximum Gasteiger partial charge on any atom is 0.228 e. The van der Waals surface area contributed by atoms with Crippen LogP contribution in [-0.2, 0) is 11.2 Å². The molecule has 2 saturated heterocycles. The van der Waals surface area contributed by atoms with Crippen LogP contribution < -0.4 is 0 Å². The highest BCUT2D eigenvalue weighted by Crippen LogP contribution is 2.42. The molecule has 0 unspecified atom stereocenters. The molecular formula is C22H26BrN3O2. The van der Waals surface area contributed by atoms with E-state index in [-0.39, 0.29) is 30.5 Å². The first kappa shape index (κ1) is 19.6. The third-order valence-electron chi connectivity index (χ3n) is 6.04. The summed E-state index contributed by atoms with van der Waals surface area (Å²) < 4.78 is 1.05. The van der Waals surface area contributed by atoms with Crippen LogP contribution in [-0.4, -0.2) is 64.1 Å². The summed E-state index contributed by atoms with van der Waals surface area (Å²) in [4.78, 5) is 21.7. The van der Waals surface area contributed by atoms with Gasteiger partial charge in [0, 0.05) is 47.5 Å². The number of fused-ring (bicyclic) bond motifs is 1. The zero-order chi connectivity index (χ0) is 19.5. The Balaban J connectivity index is 1.52. The first-order chi connectivity index (χ1) is 13.7. The van der Waals surface area contributed by atoms with Gasteiger partial charge < -0.3 is 10.0 Å². The average molecular weight is 444 g/mol. The number of halogens is 1. The van der Waals surface area contributed by atoms with Gasteiger partial charge in [-0.1, -0.05) is 34.1 Å². The van der Waals surface area contributed by atoms with Crippen molar-refractivity contribution < 1.29 is 9.90 Å². The molecule has 0 bridgehead atoms. The summed E-state index contributed by atoms with van der Waals surface area (Å²) in [6.07, 6.45) is 4.13. The van der Waals surface area contributed by atoms with Gasteiger partial charge >= 0.3 is 0 Å². The second-order valence-corrected chi connectivity index (χ2v) is 8.59. The molecule has 0 aliphatic carbocycles. The fourth-order valence-corrected chi connectivity index (χ4v) is 4.89. The molecule has 1 aromatic carbocycles. The number of pyridine rings is 1. The first-order valence-corrected chi connectivity index (χ1v) is 10.8. The van der Waals surface area contributed by atoms with Gasteiger partial charge in [0.05, 0.1) is 13.0 Å². The van der Waals surface area contributed by atoms with Gasteiger partial charge in [-0.3, -0.25) is 14.7 Å². The van der Waals surface area contributed by atoms with Crippen molar-refractivity contribution in [3.05, 3.63) is 64.4 Å². The van der Waals surface area contributed by atoms with Crippen molar-refractivity contribution in [3.8, 4) is 0 Å². The van der Waals surface area contributed by atoms with Crippen molar-refractivity contribution in [1.82, 2.24) is 14.8 Å². The number of aliphatic hydroxyl groups excluding tert-OH is 1. The largest absolute Gasteiger partial charge is 0.395 e. The molecule has 0 radical (unpaired) electrons. The fourth-order valence-electron chi connectivity index (χ4n) is 4.62. The molecule has 1 amide bonds. The molecule has 28 heavy (non-hydrogen) atoms. The van der Waals surface area contributed by atoms with Crippen molar-refractivity contribution >= 4 is 21.8 Å². The van der Waals surface area contributed by atoms with Crippen molar-refractivity contribution in [2.45, 2.75) is 37.3 Å². The van der Waals surface area contributed by atoms with Gasteiger partial charge in [-0.2, -0.15) is 0 Å². The van der Waals surface area contributed by atoms with E-state index in [4.69, 9.17) is 0 Å². The van der Waals surface area contributed by atoms with Gasteiger partial charge in [-0.05, 0) is 49.2 Å². The summed E-state index contributed by atoms with van der Waals surface area (Å²) in [7, 11) is 0. The summed E-state index contributed by atoms with van der Waals surface area (Å²) in [5, 5.41) is 10.0. The monoisotopic (exact) mass is 443 g/mol. The van der Waals surface area contributed by atoms with Crippen LogP contribution >= 0.6 is 15.9 Å². The number of nitrogens with zero attached hydrogens (tertiary/aromatic N) is 3. The predicted octanol–water partition coefficient (Wildman–Crippen LogP) is 2.84. The third-order valence-corrected chi connectivity index (χ3v) is 6.56. The van der Waals surface area contributed by atoms with E-state index in [1.54, 1.807) is 6.20 Å². The lowest BCUT2D eigenvalue weighted by Crippen LogP contribution is -2.68. The maximum absolute atomic E-state index is 13.0. The highest BCUT2D eigenvalue weighted by Gasteiger charge is 2.49. The number of carbonyl (C=O) groups is 1. The lowest BCUT2D eigenvalue weighted by molar-refractivity contribution is -0.135. The van der Waals surface area contributed by atoms with E-state index in [9.17, 15) is 9.90 Å². The number of aromatic nitrogens is 1. The Morgan fingerprint density at radius 1 is 1.14 bits per heavy atom. The van der Waals surface area contributed by atoms with Crippen LogP contribution in [0, 0.1) is 0 Å². The Morgan fingerprint density at radius 2 is 1.93 bits per heavy atom. The third kappa shape index (κ3) is 4.00. The molecule has 4 rings (SSSR count). The molecule has 0 spiro atoms. The Bertz CT molecular complexity index is 799. The van der Waals surface area contributed by atoms with E-state index in [0.29, 0.717) is 13.0 Å². The highest BCUT2D eigenvalue weighted by atomic mass is 79.9. The number of amides is 1. The van der Waals surface area contributed by atoms with Gasteiger partial charge in [0.2, 0.25) is 5.91 Å². The Kier molecular flexibility index (Phi) is 6.09. The van der Waals surface area contributed by atoms with E-state index < -0.39 is 0 Å². The lowest BCUT2D eigenvalue weighted by Gasteiger charge is -2.57. The number of rotatable bonds is 4. The lowest BCUT2D eigenvalue weighted by atomic mass is 9.74. The SMILES string of the molecule is O=C(Cc1ccccn1)N1CCCCN2[C@@H](CO)[C@@H](c3ccc(Br)cc3)[C@@H]2C1. The smallest absolute Gasteiger partial charge is 0.228 e. The molecule has 2 fully saturated rings. The van der Waals surface area contributed by atoms with Gasteiger partial charge in [-0.15, -0.1) is 0 Å². The number of hydrogen-bond donors (Lipinski definition) is 1. The van der Waals surface area contributed by atoms with Crippen LogP contribution in [0.1, 0.15) is 30.0 Å². The van der Waals surface area contributed by atoms with Crippen molar-refractivity contribution in [1.29, 1.82) is 0 Å². The molecule has 1 N–H and O–H groups in total. The summed E-state index contributed by atoms with van der Waals surface area (Å²) in [6.45, 7) is 2.65. The molecule has 5 nitrogen and oxygen atoms in total. The number of carbonyl (C=O) groups excluding carboxylic acids is 1. The Labute approximate surface area is 174 Å². The molecule has 148 valence electrons. The van der Waals surface area contributed by atoms with E-state index in [2.05, 4.69) is 50.1 Å². The van der Waals surface area contributed by atoms with Crippen LogP contribution in [0.3, 0.4) is 0 Å². The van der Waals surface area contributed by atoms with Crippen LogP contribution in [0.5, 0.6) is 0 Å². The van der Waals surface area contributed by atoms with Crippen LogP contribution in [0.2, 0.25) is 0 Å². The van der Waals surface area contributed by atoms with E-state index in [1.807, 2.05) is 23.1 Å². The van der Waals surface area contributed by atoms with E-state index in [1.165, 1.54) is 5.56 Å². The predicted molar refractivity (Wildman–Crippen MR) is 112 cm³/mol. The van der Waals surface area contributed by atoms with Gasteiger partial charge in [0.15, 0.2) is 0 Å². The molecule has 1 aromatic heterocycles. The summed E-state index contributed by atoms with van der Waals surface area (Å²) in [6, 6.07) is 14.5. The molecule has 6 heteroatoms. The summed E-state index contributed by atoms with van der Waals surface area (Å²) in [5.74, 6) is 0.393. The number of aliphatic hydroxyl groups is 1. The average Bonchev–Trinajstić information content (AvgIpc) is 2.69. The molecule has 3 heterocycles. The highest BCUT2D eigenvalue weighted by molar-refractivity contribution is 9.10. The number of benzene rings is 1. The second kappa shape index (κ2) is 8.72. The Hall–Kier alpha value is -1.76. The zero-order valence-electron chi connectivity index (χ0n) is 15.9. The van der Waals surface area contributed by atoms with E-state index in [0.717, 1.165) is 36.1 Å².